The van der Waals surface area contributed by atoms with Gasteiger partial charge < -0.3 is 9.64 Å². The van der Waals surface area contributed by atoms with Crippen LogP contribution in [0.2, 0.25) is 0 Å². The number of aromatic nitrogens is 4. The van der Waals surface area contributed by atoms with Crippen molar-refractivity contribution in [2.24, 2.45) is 17.8 Å². The van der Waals surface area contributed by atoms with E-state index in [2.05, 4.69) is 23.0 Å². The van der Waals surface area contributed by atoms with Crippen molar-refractivity contribution < 1.29 is 4.74 Å². The summed E-state index contributed by atoms with van der Waals surface area (Å²) >= 11 is 0. The molecule has 3 aromatic rings. The Hall–Kier alpha value is -3.14. The number of rotatable bonds is 4. The lowest BCUT2D eigenvalue weighted by atomic mass is 10.0. The molecule has 148 valence electrons. The second kappa shape index (κ2) is 7.03. The standard InChI is InChI=1S/C22H24N6O/c1-3-29-18-6-19(22-17(7-23)8-26-28(22)13-18)20-9-25-21(10-24-20)27-11-15-4-14(2)5-16(15)12-27/h6,8-10,13-16H,3-5,11-12H2,1-2H3. The fourth-order valence-corrected chi connectivity index (χ4v) is 5.03. The Bertz CT molecular complexity index is 1070. The maximum atomic E-state index is 9.48. The van der Waals surface area contributed by atoms with E-state index in [1.165, 1.54) is 12.8 Å². The van der Waals surface area contributed by atoms with E-state index in [1.54, 1.807) is 23.1 Å². The van der Waals surface area contributed by atoms with Crippen LogP contribution in [0.4, 0.5) is 5.82 Å². The van der Waals surface area contributed by atoms with Crippen molar-refractivity contribution in [1.29, 1.82) is 5.26 Å². The Morgan fingerprint density at radius 1 is 1.17 bits per heavy atom. The lowest BCUT2D eigenvalue weighted by molar-refractivity contribution is 0.338. The second-order valence-corrected chi connectivity index (χ2v) is 8.25. The first-order chi connectivity index (χ1) is 14.2. The van der Waals surface area contributed by atoms with Crippen molar-refractivity contribution in [3.8, 4) is 23.1 Å². The third-order valence-corrected chi connectivity index (χ3v) is 6.24. The number of anilines is 1. The zero-order chi connectivity index (χ0) is 20.0. The highest BCUT2D eigenvalue weighted by molar-refractivity contribution is 5.83. The highest BCUT2D eigenvalue weighted by Crippen LogP contribution is 2.42. The predicted molar refractivity (Wildman–Crippen MR) is 110 cm³/mol. The molecule has 4 heterocycles. The maximum absolute atomic E-state index is 9.48. The van der Waals surface area contributed by atoms with Crippen LogP contribution in [0.15, 0.2) is 30.9 Å². The summed E-state index contributed by atoms with van der Waals surface area (Å²) in [5.41, 5.74) is 2.75. The molecule has 5 rings (SSSR count). The first kappa shape index (κ1) is 17.9. The van der Waals surface area contributed by atoms with Crippen LogP contribution < -0.4 is 9.64 Å². The topological polar surface area (TPSA) is 79.3 Å². The van der Waals surface area contributed by atoms with E-state index in [-0.39, 0.29) is 0 Å². The molecule has 0 radical (unpaired) electrons. The van der Waals surface area contributed by atoms with Crippen molar-refractivity contribution in [2.75, 3.05) is 24.6 Å². The van der Waals surface area contributed by atoms with Crippen LogP contribution in [0.1, 0.15) is 32.3 Å². The summed E-state index contributed by atoms with van der Waals surface area (Å²) in [5.74, 6) is 4.06. The summed E-state index contributed by atoms with van der Waals surface area (Å²) in [6, 6.07) is 4.12. The molecule has 7 nitrogen and oxygen atoms in total. The van der Waals surface area contributed by atoms with Crippen LogP contribution in [0.25, 0.3) is 16.8 Å². The molecule has 0 spiro atoms. The van der Waals surface area contributed by atoms with E-state index in [4.69, 9.17) is 14.7 Å². The fraction of sp³-hybridized carbons (Fsp3) is 0.455. The van der Waals surface area contributed by atoms with E-state index in [0.717, 1.165) is 47.7 Å². The quantitative estimate of drug-likeness (QED) is 0.680. The molecule has 1 saturated heterocycles. The second-order valence-electron chi connectivity index (χ2n) is 8.25. The zero-order valence-electron chi connectivity index (χ0n) is 16.7. The number of nitriles is 1. The van der Waals surface area contributed by atoms with Gasteiger partial charge in [0.25, 0.3) is 0 Å². The van der Waals surface area contributed by atoms with Crippen LogP contribution >= 0.6 is 0 Å². The molecule has 0 aromatic carbocycles. The lowest BCUT2D eigenvalue weighted by Crippen LogP contribution is -2.22. The smallest absolute Gasteiger partial charge is 0.147 e. The minimum Gasteiger partial charge on any atom is -0.492 e. The van der Waals surface area contributed by atoms with Gasteiger partial charge in [0.05, 0.1) is 48.2 Å². The monoisotopic (exact) mass is 388 g/mol. The van der Waals surface area contributed by atoms with Gasteiger partial charge in [-0.2, -0.15) is 10.4 Å². The molecule has 2 unspecified atom stereocenters. The maximum Gasteiger partial charge on any atom is 0.147 e. The molecule has 2 fully saturated rings. The molecule has 7 heteroatoms. The van der Waals surface area contributed by atoms with Gasteiger partial charge in [0, 0.05) is 18.7 Å². The van der Waals surface area contributed by atoms with Gasteiger partial charge in [-0.3, -0.25) is 4.98 Å². The number of hydrogen-bond acceptors (Lipinski definition) is 6. The number of hydrogen-bond donors (Lipinski definition) is 0. The normalized spacial score (nSPS) is 23.3. The van der Waals surface area contributed by atoms with E-state index in [1.807, 2.05) is 19.2 Å². The Morgan fingerprint density at radius 3 is 2.62 bits per heavy atom. The highest BCUT2D eigenvalue weighted by atomic mass is 16.5. The lowest BCUT2D eigenvalue weighted by Gasteiger charge is -2.19. The summed E-state index contributed by atoms with van der Waals surface area (Å²) in [4.78, 5) is 11.8. The van der Waals surface area contributed by atoms with Gasteiger partial charge in [-0.25, -0.2) is 9.50 Å². The Labute approximate surface area is 170 Å². The summed E-state index contributed by atoms with van der Waals surface area (Å²) in [6.45, 7) is 7.01. The largest absolute Gasteiger partial charge is 0.492 e. The van der Waals surface area contributed by atoms with Gasteiger partial charge in [-0.05, 0) is 43.6 Å². The van der Waals surface area contributed by atoms with Crippen molar-refractivity contribution in [2.45, 2.75) is 26.7 Å². The SMILES string of the molecule is CCOc1cc(-c2cnc(N3CC4CC(C)CC4C3)cn2)c2c(C#N)cnn2c1. The first-order valence-corrected chi connectivity index (χ1v) is 10.3. The number of pyridine rings is 1. The first-order valence-electron chi connectivity index (χ1n) is 10.3. The summed E-state index contributed by atoms with van der Waals surface area (Å²) < 4.78 is 7.35. The summed E-state index contributed by atoms with van der Waals surface area (Å²) in [5, 5.41) is 13.8. The molecular formula is C22H24N6O. The molecule has 29 heavy (non-hydrogen) atoms. The van der Waals surface area contributed by atoms with Crippen molar-refractivity contribution in [3.05, 3.63) is 36.4 Å². The molecule has 3 aromatic heterocycles. The summed E-state index contributed by atoms with van der Waals surface area (Å²) in [6.07, 6.45) is 9.66. The molecule has 1 aliphatic carbocycles. The Balaban J connectivity index is 1.48. The summed E-state index contributed by atoms with van der Waals surface area (Å²) in [7, 11) is 0. The van der Waals surface area contributed by atoms with E-state index < -0.39 is 0 Å². The van der Waals surface area contributed by atoms with Crippen molar-refractivity contribution >= 4 is 11.3 Å². The molecule has 2 atom stereocenters. The van der Waals surface area contributed by atoms with Crippen LogP contribution in [0, 0.1) is 29.1 Å². The fourth-order valence-electron chi connectivity index (χ4n) is 5.03. The van der Waals surface area contributed by atoms with Crippen LogP contribution in [0.5, 0.6) is 5.75 Å². The van der Waals surface area contributed by atoms with E-state index in [0.29, 0.717) is 23.6 Å². The Morgan fingerprint density at radius 2 is 1.97 bits per heavy atom. The number of nitrogens with zero attached hydrogens (tertiary/aromatic N) is 6. The molecule has 2 aliphatic rings. The average molecular weight is 388 g/mol. The average Bonchev–Trinajstić information content (AvgIpc) is 3.40. The molecule has 0 amide bonds. The van der Waals surface area contributed by atoms with Crippen LogP contribution in [0.3, 0.4) is 0 Å². The van der Waals surface area contributed by atoms with Crippen molar-refractivity contribution in [3.63, 3.8) is 0 Å². The van der Waals surface area contributed by atoms with Gasteiger partial charge in [-0.1, -0.05) is 6.92 Å². The number of fused-ring (bicyclic) bond motifs is 2. The number of ether oxygens (including phenoxy) is 1. The van der Waals surface area contributed by atoms with Crippen LogP contribution in [-0.2, 0) is 0 Å². The van der Waals surface area contributed by atoms with Gasteiger partial charge >= 0.3 is 0 Å². The van der Waals surface area contributed by atoms with E-state index >= 15 is 0 Å². The molecule has 0 N–H and O–H groups in total. The van der Waals surface area contributed by atoms with Crippen LogP contribution in [-0.4, -0.2) is 39.3 Å². The van der Waals surface area contributed by atoms with Gasteiger partial charge in [0.1, 0.15) is 17.6 Å². The highest BCUT2D eigenvalue weighted by Gasteiger charge is 2.39. The van der Waals surface area contributed by atoms with Gasteiger partial charge in [-0.15, -0.1) is 0 Å². The molecule has 1 aliphatic heterocycles. The molecule has 1 saturated carbocycles. The van der Waals surface area contributed by atoms with E-state index in [9.17, 15) is 5.26 Å². The zero-order valence-corrected chi connectivity index (χ0v) is 16.7. The van der Waals surface area contributed by atoms with Crippen molar-refractivity contribution in [1.82, 2.24) is 19.6 Å². The minimum absolute atomic E-state index is 0.510. The Kier molecular flexibility index (Phi) is 4.35. The minimum atomic E-state index is 0.510. The predicted octanol–water partition coefficient (Wildman–Crippen LogP) is 3.54. The molecular weight excluding hydrogens is 364 g/mol. The molecule has 0 bridgehead atoms. The van der Waals surface area contributed by atoms with Gasteiger partial charge in [0.15, 0.2) is 0 Å². The third-order valence-electron chi connectivity index (χ3n) is 6.24. The van der Waals surface area contributed by atoms with Gasteiger partial charge in [0.2, 0.25) is 0 Å². The third kappa shape index (κ3) is 3.09.